The van der Waals surface area contributed by atoms with E-state index in [0.29, 0.717) is 0 Å². The normalized spacial score (nSPS) is 10.4. The summed E-state index contributed by atoms with van der Waals surface area (Å²) in [5, 5.41) is 47.0. The topological polar surface area (TPSA) is 185 Å². The number of phenols is 2. The zero-order valence-electron chi connectivity index (χ0n) is 17.9. The molecule has 3 aromatic carbocycles. The van der Waals surface area contributed by atoms with Crippen molar-refractivity contribution in [2.75, 3.05) is 10.6 Å². The molecule has 0 aliphatic rings. The predicted molar refractivity (Wildman–Crippen MR) is 121 cm³/mol. The highest BCUT2D eigenvalue weighted by Gasteiger charge is 2.21. The number of rotatable bonds is 6. The first kappa shape index (κ1) is 23.7. The zero-order chi connectivity index (χ0) is 25.2. The lowest BCUT2D eigenvalue weighted by atomic mass is 10.1. The van der Waals surface area contributed by atoms with Gasteiger partial charge in [0.05, 0.1) is 32.3 Å². The molecule has 0 heterocycles. The van der Waals surface area contributed by atoms with Crippen LogP contribution in [-0.4, -0.2) is 31.9 Å². The molecule has 4 N–H and O–H groups in total. The second kappa shape index (κ2) is 9.24. The van der Waals surface area contributed by atoms with Crippen LogP contribution in [0, 0.1) is 34.1 Å². The Hall–Kier alpha value is -5.00. The second-order valence-electron chi connectivity index (χ2n) is 7.31. The number of aromatic hydroxyl groups is 2. The largest absolute Gasteiger partial charge is 0.507 e. The van der Waals surface area contributed by atoms with Crippen LogP contribution in [0.25, 0.3) is 0 Å². The number of carbonyl (C=O) groups excluding carboxylic acids is 2. The van der Waals surface area contributed by atoms with Crippen molar-refractivity contribution < 1.29 is 29.6 Å². The number of amides is 2. The minimum absolute atomic E-state index is 0.0947. The Balaban J connectivity index is 1.97. The average molecular weight is 466 g/mol. The van der Waals surface area contributed by atoms with Crippen molar-refractivity contribution in [1.29, 1.82) is 0 Å². The molecule has 0 saturated heterocycles. The Labute approximate surface area is 191 Å². The summed E-state index contributed by atoms with van der Waals surface area (Å²) in [5.41, 5.74) is 0.122. The molecule has 0 saturated carbocycles. The maximum absolute atomic E-state index is 12.8. The number of nitrogens with one attached hydrogen (secondary N) is 2. The van der Waals surface area contributed by atoms with Gasteiger partial charge < -0.3 is 20.8 Å². The van der Waals surface area contributed by atoms with Crippen molar-refractivity contribution in [3.05, 3.63) is 91.0 Å². The standard InChI is InChI=1S/C22H18N4O8/c1-11-7-17(23-21(29)15-9-13(25(31)32)3-5-19(15)27)18(8-12(11)2)24-22(30)16-10-14(26(33)34)4-6-20(16)28/h3-10,27-28H,1-2H3,(H,23,29)(H,24,30). The van der Waals surface area contributed by atoms with Gasteiger partial charge in [0.25, 0.3) is 23.2 Å². The first-order valence-corrected chi connectivity index (χ1v) is 9.66. The number of hydrogen-bond acceptors (Lipinski definition) is 8. The summed E-state index contributed by atoms with van der Waals surface area (Å²) in [6.45, 7) is 3.49. The van der Waals surface area contributed by atoms with Gasteiger partial charge in [-0.3, -0.25) is 29.8 Å². The number of nitro benzene ring substituents is 2. The van der Waals surface area contributed by atoms with Gasteiger partial charge in [-0.25, -0.2) is 0 Å². The lowest BCUT2D eigenvalue weighted by Gasteiger charge is -2.16. The number of aryl methyl sites for hydroxylation is 2. The summed E-state index contributed by atoms with van der Waals surface area (Å²) in [5.74, 6) is -2.73. The molecule has 0 aliphatic heterocycles. The minimum Gasteiger partial charge on any atom is -0.507 e. The molecule has 2 amide bonds. The molecule has 3 aromatic rings. The van der Waals surface area contributed by atoms with Gasteiger partial charge in [0.2, 0.25) is 0 Å². The van der Waals surface area contributed by atoms with Crippen molar-refractivity contribution in [3.8, 4) is 11.5 Å². The Morgan fingerprint density at radius 2 is 1.06 bits per heavy atom. The van der Waals surface area contributed by atoms with Crippen LogP contribution in [0.3, 0.4) is 0 Å². The maximum Gasteiger partial charge on any atom is 0.270 e. The van der Waals surface area contributed by atoms with Crippen LogP contribution in [0.2, 0.25) is 0 Å². The summed E-state index contributed by atoms with van der Waals surface area (Å²) in [4.78, 5) is 46.1. The van der Waals surface area contributed by atoms with Gasteiger partial charge in [-0.05, 0) is 49.2 Å². The van der Waals surface area contributed by atoms with E-state index in [2.05, 4.69) is 10.6 Å². The first-order chi connectivity index (χ1) is 16.0. The van der Waals surface area contributed by atoms with E-state index in [9.17, 15) is 40.0 Å². The van der Waals surface area contributed by atoms with Gasteiger partial charge in [0.1, 0.15) is 11.5 Å². The zero-order valence-corrected chi connectivity index (χ0v) is 17.9. The van der Waals surface area contributed by atoms with Gasteiger partial charge >= 0.3 is 0 Å². The molecule has 12 heteroatoms. The number of anilines is 2. The van der Waals surface area contributed by atoms with Crippen molar-refractivity contribution >= 4 is 34.6 Å². The molecule has 0 unspecified atom stereocenters. The average Bonchev–Trinajstić information content (AvgIpc) is 2.77. The second-order valence-corrected chi connectivity index (χ2v) is 7.31. The Morgan fingerprint density at radius 1 is 0.706 bits per heavy atom. The maximum atomic E-state index is 12.8. The van der Waals surface area contributed by atoms with Crippen molar-refractivity contribution in [3.63, 3.8) is 0 Å². The highest BCUT2D eigenvalue weighted by atomic mass is 16.6. The number of hydrogen-bond donors (Lipinski definition) is 4. The van der Waals surface area contributed by atoms with Crippen molar-refractivity contribution in [1.82, 2.24) is 0 Å². The number of nitro groups is 2. The molecule has 34 heavy (non-hydrogen) atoms. The lowest BCUT2D eigenvalue weighted by molar-refractivity contribution is -0.385. The summed E-state index contributed by atoms with van der Waals surface area (Å²) in [6, 6.07) is 8.99. The van der Waals surface area contributed by atoms with Crippen LogP contribution in [0.15, 0.2) is 48.5 Å². The summed E-state index contributed by atoms with van der Waals surface area (Å²) >= 11 is 0. The molecular formula is C22H18N4O8. The van der Waals surface area contributed by atoms with Crippen molar-refractivity contribution in [2.45, 2.75) is 13.8 Å². The van der Waals surface area contributed by atoms with Gasteiger partial charge in [0, 0.05) is 24.3 Å². The summed E-state index contributed by atoms with van der Waals surface area (Å²) in [6.07, 6.45) is 0. The number of nitrogens with zero attached hydrogens (tertiary/aromatic N) is 2. The predicted octanol–water partition coefficient (Wildman–Crippen LogP) is 4.04. The fourth-order valence-corrected chi connectivity index (χ4v) is 3.04. The molecule has 0 spiro atoms. The van der Waals surface area contributed by atoms with E-state index in [-0.39, 0.29) is 22.5 Å². The van der Waals surface area contributed by atoms with E-state index in [1.165, 1.54) is 12.1 Å². The lowest BCUT2D eigenvalue weighted by Crippen LogP contribution is -2.18. The summed E-state index contributed by atoms with van der Waals surface area (Å²) < 4.78 is 0. The number of benzene rings is 3. The van der Waals surface area contributed by atoms with Crippen LogP contribution < -0.4 is 10.6 Å². The number of phenolic OH excluding ortho intramolecular Hbond substituents is 2. The third-order valence-corrected chi connectivity index (χ3v) is 5.00. The van der Waals surface area contributed by atoms with E-state index in [0.717, 1.165) is 47.5 Å². The van der Waals surface area contributed by atoms with Crippen molar-refractivity contribution in [2.24, 2.45) is 0 Å². The van der Waals surface area contributed by atoms with E-state index >= 15 is 0 Å². The Kier molecular flexibility index (Phi) is 6.43. The third-order valence-electron chi connectivity index (χ3n) is 5.00. The highest BCUT2D eigenvalue weighted by molar-refractivity contribution is 6.12. The van der Waals surface area contributed by atoms with Gasteiger partial charge in [-0.2, -0.15) is 0 Å². The van der Waals surface area contributed by atoms with E-state index in [1.807, 2.05) is 0 Å². The molecule has 0 aromatic heterocycles. The Bertz CT molecular complexity index is 1250. The van der Waals surface area contributed by atoms with Crippen LogP contribution >= 0.6 is 0 Å². The number of carbonyl (C=O) groups is 2. The molecule has 3 rings (SSSR count). The Morgan fingerprint density at radius 3 is 1.38 bits per heavy atom. The summed E-state index contributed by atoms with van der Waals surface area (Å²) in [7, 11) is 0. The smallest absolute Gasteiger partial charge is 0.270 e. The molecule has 174 valence electrons. The fraction of sp³-hybridized carbons (Fsp3) is 0.0909. The van der Waals surface area contributed by atoms with Gasteiger partial charge in [0.15, 0.2) is 0 Å². The van der Waals surface area contributed by atoms with E-state index in [4.69, 9.17) is 0 Å². The monoisotopic (exact) mass is 466 g/mol. The molecular weight excluding hydrogens is 448 g/mol. The van der Waals surface area contributed by atoms with Gasteiger partial charge in [-0.15, -0.1) is 0 Å². The van der Waals surface area contributed by atoms with Crippen LogP contribution in [0.1, 0.15) is 31.8 Å². The molecule has 0 aliphatic carbocycles. The SMILES string of the molecule is Cc1cc(NC(=O)c2cc([N+](=O)[O-])ccc2O)c(NC(=O)c2cc([N+](=O)[O-])ccc2O)cc1C. The molecule has 0 atom stereocenters. The molecule has 0 bridgehead atoms. The first-order valence-electron chi connectivity index (χ1n) is 9.66. The van der Waals surface area contributed by atoms with Gasteiger partial charge in [-0.1, -0.05) is 0 Å². The fourth-order valence-electron chi connectivity index (χ4n) is 3.04. The van der Waals surface area contributed by atoms with Crippen LogP contribution in [0.5, 0.6) is 11.5 Å². The number of non-ortho nitro benzene ring substituents is 2. The van der Waals surface area contributed by atoms with Crippen LogP contribution in [0.4, 0.5) is 22.7 Å². The quantitative estimate of drug-likeness (QED) is 0.310. The molecule has 0 fully saturated rings. The highest BCUT2D eigenvalue weighted by Crippen LogP contribution is 2.31. The van der Waals surface area contributed by atoms with Crippen LogP contribution in [-0.2, 0) is 0 Å². The van der Waals surface area contributed by atoms with E-state index < -0.39 is 44.5 Å². The minimum atomic E-state index is -0.877. The van der Waals surface area contributed by atoms with E-state index in [1.54, 1.807) is 13.8 Å². The third kappa shape index (κ3) is 4.91. The molecule has 0 radical (unpaired) electrons. The molecule has 12 nitrogen and oxygen atoms in total.